The van der Waals surface area contributed by atoms with E-state index in [2.05, 4.69) is 15.9 Å². The fourth-order valence-corrected chi connectivity index (χ4v) is 3.05. The first-order valence-electron chi connectivity index (χ1n) is 5.63. The van der Waals surface area contributed by atoms with Gasteiger partial charge in [-0.3, -0.25) is 0 Å². The molecule has 0 amide bonds. The number of phenolic OH excluding ortho intramolecular Hbond substituents is 1. The SMILES string of the molecule is Cl.Nc1ccc(Br)c([C@@H](N)C2CCCC2)c1O. The van der Waals surface area contributed by atoms with Crippen LogP contribution in [0.3, 0.4) is 0 Å². The molecule has 1 aliphatic carbocycles. The summed E-state index contributed by atoms with van der Waals surface area (Å²) in [6, 6.07) is 3.41. The standard InChI is InChI=1S/C12H17BrN2O.ClH/c13-8-5-6-9(14)12(16)10(8)11(15)7-3-1-2-4-7;/h5-7,11,16H,1-4,14-15H2;1H/t11-;/m0./s1. The fourth-order valence-electron chi connectivity index (χ4n) is 2.47. The summed E-state index contributed by atoms with van der Waals surface area (Å²) in [6.45, 7) is 0. The summed E-state index contributed by atoms with van der Waals surface area (Å²) in [7, 11) is 0. The summed E-state index contributed by atoms with van der Waals surface area (Å²) in [6.07, 6.45) is 4.75. The maximum absolute atomic E-state index is 9.97. The molecule has 0 spiro atoms. The Balaban J connectivity index is 0.00000144. The Labute approximate surface area is 116 Å². The van der Waals surface area contributed by atoms with E-state index in [0.717, 1.165) is 22.9 Å². The van der Waals surface area contributed by atoms with Gasteiger partial charge >= 0.3 is 0 Å². The molecule has 1 aromatic rings. The first-order chi connectivity index (χ1) is 7.61. The van der Waals surface area contributed by atoms with E-state index in [4.69, 9.17) is 11.5 Å². The summed E-state index contributed by atoms with van der Waals surface area (Å²) in [5.41, 5.74) is 13.1. The molecule has 96 valence electrons. The molecule has 5 heteroatoms. The lowest BCUT2D eigenvalue weighted by Gasteiger charge is -2.22. The predicted octanol–water partition coefficient (Wildman–Crippen LogP) is 3.35. The van der Waals surface area contributed by atoms with Crippen molar-refractivity contribution in [2.24, 2.45) is 11.7 Å². The van der Waals surface area contributed by atoms with Gasteiger partial charge in [0.15, 0.2) is 0 Å². The topological polar surface area (TPSA) is 72.3 Å². The van der Waals surface area contributed by atoms with E-state index in [-0.39, 0.29) is 24.2 Å². The quantitative estimate of drug-likeness (QED) is 0.578. The molecule has 0 saturated heterocycles. The molecule has 3 nitrogen and oxygen atoms in total. The van der Waals surface area contributed by atoms with Crippen LogP contribution in [0, 0.1) is 5.92 Å². The number of aromatic hydroxyl groups is 1. The highest BCUT2D eigenvalue weighted by molar-refractivity contribution is 9.10. The number of hydrogen-bond donors (Lipinski definition) is 3. The molecule has 0 aromatic heterocycles. The van der Waals surface area contributed by atoms with Gasteiger partial charge in [-0.05, 0) is 30.9 Å². The third-order valence-electron chi connectivity index (χ3n) is 3.44. The van der Waals surface area contributed by atoms with Crippen LogP contribution in [0.5, 0.6) is 5.75 Å². The molecule has 1 atom stereocenters. The highest BCUT2D eigenvalue weighted by Gasteiger charge is 2.27. The van der Waals surface area contributed by atoms with E-state index in [1.54, 1.807) is 6.07 Å². The van der Waals surface area contributed by atoms with Gasteiger partial charge in [-0.15, -0.1) is 12.4 Å². The van der Waals surface area contributed by atoms with Crippen molar-refractivity contribution in [1.29, 1.82) is 0 Å². The first-order valence-corrected chi connectivity index (χ1v) is 6.43. The van der Waals surface area contributed by atoms with E-state index in [1.165, 1.54) is 12.8 Å². The molecular formula is C12H18BrClN2O. The minimum atomic E-state index is -0.125. The second-order valence-electron chi connectivity index (χ2n) is 4.47. The summed E-state index contributed by atoms with van der Waals surface area (Å²) in [4.78, 5) is 0. The number of nitrogens with two attached hydrogens (primary N) is 2. The van der Waals surface area contributed by atoms with Crippen molar-refractivity contribution in [2.45, 2.75) is 31.7 Å². The van der Waals surface area contributed by atoms with Crippen molar-refractivity contribution in [3.05, 3.63) is 22.2 Å². The van der Waals surface area contributed by atoms with Crippen LogP contribution in [0.1, 0.15) is 37.3 Å². The summed E-state index contributed by atoms with van der Waals surface area (Å²) in [5, 5.41) is 9.97. The summed E-state index contributed by atoms with van der Waals surface area (Å²) >= 11 is 3.43. The van der Waals surface area contributed by atoms with Crippen molar-refractivity contribution in [3.63, 3.8) is 0 Å². The highest BCUT2D eigenvalue weighted by Crippen LogP contribution is 2.42. The van der Waals surface area contributed by atoms with E-state index in [0.29, 0.717) is 11.6 Å². The number of halogens is 2. The maximum Gasteiger partial charge on any atom is 0.144 e. The van der Waals surface area contributed by atoms with Gasteiger partial charge in [0, 0.05) is 16.1 Å². The van der Waals surface area contributed by atoms with Crippen LogP contribution in [0.25, 0.3) is 0 Å². The van der Waals surface area contributed by atoms with Gasteiger partial charge < -0.3 is 16.6 Å². The third kappa shape index (κ3) is 2.87. The highest BCUT2D eigenvalue weighted by atomic mass is 79.9. The van der Waals surface area contributed by atoms with Crippen molar-refractivity contribution < 1.29 is 5.11 Å². The molecule has 0 heterocycles. The normalized spacial score (nSPS) is 17.8. The van der Waals surface area contributed by atoms with Gasteiger partial charge in [0.25, 0.3) is 0 Å². The van der Waals surface area contributed by atoms with Crippen molar-refractivity contribution in [3.8, 4) is 5.75 Å². The Hall–Kier alpha value is -0.450. The molecule has 0 bridgehead atoms. The Morgan fingerprint density at radius 1 is 1.29 bits per heavy atom. The Morgan fingerprint density at radius 3 is 2.47 bits per heavy atom. The predicted molar refractivity (Wildman–Crippen MR) is 76.4 cm³/mol. The smallest absolute Gasteiger partial charge is 0.144 e. The molecule has 17 heavy (non-hydrogen) atoms. The van der Waals surface area contributed by atoms with E-state index >= 15 is 0 Å². The average molecular weight is 322 g/mol. The van der Waals surface area contributed by atoms with Gasteiger partial charge in [-0.25, -0.2) is 0 Å². The zero-order valence-electron chi connectivity index (χ0n) is 9.53. The second kappa shape index (κ2) is 5.94. The van der Waals surface area contributed by atoms with Crippen LogP contribution < -0.4 is 11.5 Å². The van der Waals surface area contributed by atoms with Gasteiger partial charge in [0.05, 0.1) is 5.69 Å². The number of phenols is 1. The maximum atomic E-state index is 9.97. The Morgan fingerprint density at radius 2 is 1.88 bits per heavy atom. The van der Waals surface area contributed by atoms with Crippen LogP contribution in [0.15, 0.2) is 16.6 Å². The van der Waals surface area contributed by atoms with Gasteiger partial charge in [0.2, 0.25) is 0 Å². The van der Waals surface area contributed by atoms with Crippen molar-refractivity contribution in [1.82, 2.24) is 0 Å². The van der Waals surface area contributed by atoms with E-state index < -0.39 is 0 Å². The molecule has 0 radical (unpaired) electrons. The molecule has 2 rings (SSSR count). The number of benzene rings is 1. The number of hydrogen-bond acceptors (Lipinski definition) is 3. The van der Waals surface area contributed by atoms with Crippen LogP contribution >= 0.6 is 28.3 Å². The zero-order chi connectivity index (χ0) is 11.7. The fraction of sp³-hybridized carbons (Fsp3) is 0.500. The van der Waals surface area contributed by atoms with Crippen LogP contribution in [0.4, 0.5) is 5.69 Å². The molecule has 0 unspecified atom stereocenters. The molecule has 1 saturated carbocycles. The zero-order valence-corrected chi connectivity index (χ0v) is 11.9. The lowest BCUT2D eigenvalue weighted by atomic mass is 9.91. The number of nitrogen functional groups attached to an aromatic ring is 1. The lowest BCUT2D eigenvalue weighted by Crippen LogP contribution is -2.20. The molecular weight excluding hydrogens is 304 g/mol. The van der Waals surface area contributed by atoms with Crippen molar-refractivity contribution in [2.75, 3.05) is 5.73 Å². The molecule has 5 N–H and O–H groups in total. The molecule has 0 aliphatic heterocycles. The van der Waals surface area contributed by atoms with Crippen LogP contribution in [0.2, 0.25) is 0 Å². The number of anilines is 1. The van der Waals surface area contributed by atoms with Gasteiger partial charge in [-0.2, -0.15) is 0 Å². The monoisotopic (exact) mass is 320 g/mol. The largest absolute Gasteiger partial charge is 0.505 e. The minimum Gasteiger partial charge on any atom is -0.505 e. The van der Waals surface area contributed by atoms with Crippen LogP contribution in [-0.2, 0) is 0 Å². The minimum absolute atomic E-state index is 0. The second-order valence-corrected chi connectivity index (χ2v) is 5.32. The van der Waals surface area contributed by atoms with Gasteiger partial charge in [0.1, 0.15) is 5.75 Å². The lowest BCUT2D eigenvalue weighted by molar-refractivity contribution is 0.412. The Kier molecular flexibility index (Phi) is 5.10. The summed E-state index contributed by atoms with van der Waals surface area (Å²) < 4.78 is 0.846. The average Bonchev–Trinajstić information content (AvgIpc) is 2.77. The van der Waals surface area contributed by atoms with E-state index in [1.807, 2.05) is 6.07 Å². The van der Waals surface area contributed by atoms with Gasteiger partial charge in [-0.1, -0.05) is 28.8 Å². The molecule has 1 aliphatic rings. The first kappa shape index (κ1) is 14.6. The molecule has 1 aromatic carbocycles. The Bertz CT molecular complexity index is 394. The van der Waals surface area contributed by atoms with Crippen molar-refractivity contribution >= 4 is 34.0 Å². The van der Waals surface area contributed by atoms with E-state index in [9.17, 15) is 5.11 Å². The third-order valence-corrected chi connectivity index (χ3v) is 4.13. The molecule has 1 fully saturated rings. The summed E-state index contributed by atoms with van der Waals surface area (Å²) in [5.74, 6) is 0.595. The number of rotatable bonds is 2. The van der Waals surface area contributed by atoms with Crippen LogP contribution in [-0.4, -0.2) is 5.11 Å².